The summed E-state index contributed by atoms with van der Waals surface area (Å²) in [5.41, 5.74) is 3.55. The van der Waals surface area contributed by atoms with E-state index in [-0.39, 0.29) is 17.6 Å². The zero-order valence-electron chi connectivity index (χ0n) is 22.8. The summed E-state index contributed by atoms with van der Waals surface area (Å²) in [7, 11) is 0. The summed E-state index contributed by atoms with van der Waals surface area (Å²) in [4.78, 5) is 26.4. The van der Waals surface area contributed by atoms with Crippen LogP contribution >= 0.6 is 11.8 Å². The lowest BCUT2D eigenvalue weighted by Crippen LogP contribution is -2.31. The average molecular weight is 573 g/mol. The van der Waals surface area contributed by atoms with E-state index in [4.69, 9.17) is 4.74 Å². The van der Waals surface area contributed by atoms with Gasteiger partial charge in [-0.25, -0.2) is 0 Å². The van der Waals surface area contributed by atoms with Crippen molar-refractivity contribution in [2.24, 2.45) is 0 Å². The minimum absolute atomic E-state index is 0.0656. The molecule has 2 amide bonds. The fraction of sp³-hybridized carbons (Fsp3) is 0.0882. The smallest absolute Gasteiger partial charge is 0.254 e. The molecule has 208 valence electrons. The zero-order chi connectivity index (χ0) is 29.3. The number of carbonyl (C=O) groups is 2. The standard InChI is InChI=1S/C34H28N4O3S/c1-23-31(33(40)38-25-13-7-3-8-14-25)32(24-11-5-2-6-12-24)29(21-35)34(36-23)42-22-30(39)37-26-17-19-28(20-18-26)41-27-15-9-4-10-16-27/h2-20,32,36H,22H2,1H3,(H,37,39)(H,38,40)/t32-/m0/s1. The van der Waals surface area contributed by atoms with Gasteiger partial charge in [-0.05, 0) is 61.0 Å². The number of carbonyl (C=O) groups excluding carboxylic acids is 2. The van der Waals surface area contributed by atoms with Gasteiger partial charge in [0, 0.05) is 22.6 Å². The molecule has 0 saturated heterocycles. The Labute approximate surface area is 248 Å². The van der Waals surface area contributed by atoms with E-state index in [1.54, 1.807) is 24.3 Å². The molecule has 42 heavy (non-hydrogen) atoms. The Morgan fingerprint density at radius 3 is 2.02 bits per heavy atom. The van der Waals surface area contributed by atoms with Gasteiger partial charge in [-0.2, -0.15) is 5.26 Å². The molecule has 7 nitrogen and oxygen atoms in total. The molecule has 4 aromatic rings. The predicted octanol–water partition coefficient (Wildman–Crippen LogP) is 7.19. The number of thioether (sulfide) groups is 1. The summed E-state index contributed by atoms with van der Waals surface area (Å²) >= 11 is 1.23. The second-order valence-corrected chi connectivity index (χ2v) is 10.4. The lowest BCUT2D eigenvalue weighted by atomic mass is 9.82. The Kier molecular flexibility index (Phi) is 9.02. The monoisotopic (exact) mass is 572 g/mol. The average Bonchev–Trinajstić information content (AvgIpc) is 3.02. The molecule has 1 heterocycles. The van der Waals surface area contributed by atoms with E-state index in [2.05, 4.69) is 22.0 Å². The van der Waals surface area contributed by atoms with Crippen LogP contribution in [0, 0.1) is 11.3 Å². The zero-order valence-corrected chi connectivity index (χ0v) is 23.7. The number of dihydropyridines is 1. The van der Waals surface area contributed by atoms with Crippen molar-refractivity contribution >= 4 is 35.0 Å². The predicted molar refractivity (Wildman–Crippen MR) is 167 cm³/mol. The van der Waals surface area contributed by atoms with Gasteiger partial charge in [0.25, 0.3) is 5.91 Å². The molecule has 0 aliphatic carbocycles. The van der Waals surface area contributed by atoms with Crippen molar-refractivity contribution in [3.63, 3.8) is 0 Å². The Bertz CT molecular complexity index is 1660. The Morgan fingerprint density at radius 1 is 0.810 bits per heavy atom. The number of nitrogens with zero attached hydrogens (tertiary/aromatic N) is 1. The van der Waals surface area contributed by atoms with Crippen molar-refractivity contribution in [3.8, 4) is 17.6 Å². The molecule has 0 bridgehead atoms. The SMILES string of the molecule is CC1=C(C(=O)Nc2ccccc2)[C@@H](c2ccccc2)C(C#N)=C(SCC(=O)Nc2ccc(Oc3ccccc3)cc2)N1. The summed E-state index contributed by atoms with van der Waals surface area (Å²) in [5.74, 6) is 0.332. The van der Waals surface area contributed by atoms with Crippen LogP contribution in [0.2, 0.25) is 0 Å². The van der Waals surface area contributed by atoms with Gasteiger partial charge in [0.1, 0.15) is 11.5 Å². The van der Waals surface area contributed by atoms with Crippen molar-refractivity contribution in [1.82, 2.24) is 5.32 Å². The van der Waals surface area contributed by atoms with Crippen LogP contribution in [0.25, 0.3) is 0 Å². The third kappa shape index (κ3) is 6.89. The second kappa shape index (κ2) is 13.4. The lowest BCUT2D eigenvalue weighted by molar-refractivity contribution is -0.114. The number of anilines is 2. The van der Waals surface area contributed by atoms with Crippen LogP contribution in [0.1, 0.15) is 18.4 Å². The molecule has 8 heteroatoms. The number of nitriles is 1. The molecule has 1 atom stereocenters. The van der Waals surface area contributed by atoms with Crippen LogP contribution in [0.3, 0.4) is 0 Å². The molecule has 0 spiro atoms. The Hall–Kier alpha value is -5.26. The highest BCUT2D eigenvalue weighted by atomic mass is 32.2. The van der Waals surface area contributed by atoms with Gasteiger partial charge in [0.2, 0.25) is 5.91 Å². The van der Waals surface area contributed by atoms with Crippen molar-refractivity contribution in [1.29, 1.82) is 5.26 Å². The van der Waals surface area contributed by atoms with Crippen molar-refractivity contribution in [3.05, 3.63) is 143 Å². The highest BCUT2D eigenvalue weighted by Crippen LogP contribution is 2.41. The molecule has 0 radical (unpaired) electrons. The third-order valence-corrected chi connectivity index (χ3v) is 7.54. The first kappa shape index (κ1) is 28.3. The quantitative estimate of drug-likeness (QED) is 0.196. The number of hydrogen-bond donors (Lipinski definition) is 3. The lowest BCUT2D eigenvalue weighted by Gasteiger charge is -2.29. The highest BCUT2D eigenvalue weighted by Gasteiger charge is 2.34. The number of ether oxygens (including phenoxy) is 1. The number of nitrogens with one attached hydrogen (secondary N) is 3. The molecule has 1 aliphatic rings. The third-order valence-electron chi connectivity index (χ3n) is 6.52. The van der Waals surface area contributed by atoms with E-state index >= 15 is 0 Å². The summed E-state index contributed by atoms with van der Waals surface area (Å²) in [6.45, 7) is 1.81. The van der Waals surface area contributed by atoms with Crippen molar-refractivity contribution in [2.75, 3.05) is 16.4 Å². The van der Waals surface area contributed by atoms with E-state index < -0.39 is 5.92 Å². The van der Waals surface area contributed by atoms with E-state index in [0.29, 0.717) is 39.0 Å². The first-order valence-electron chi connectivity index (χ1n) is 13.3. The largest absolute Gasteiger partial charge is 0.457 e. The van der Waals surface area contributed by atoms with E-state index in [1.807, 2.05) is 97.9 Å². The first-order chi connectivity index (χ1) is 20.5. The van der Waals surface area contributed by atoms with E-state index in [1.165, 1.54) is 11.8 Å². The van der Waals surface area contributed by atoms with Crippen LogP contribution < -0.4 is 20.7 Å². The molecule has 1 aliphatic heterocycles. The molecule has 0 fully saturated rings. The van der Waals surface area contributed by atoms with Crippen LogP contribution in [0.5, 0.6) is 11.5 Å². The van der Waals surface area contributed by atoms with Gasteiger partial charge in [0.15, 0.2) is 0 Å². The second-order valence-electron chi connectivity index (χ2n) is 9.46. The number of amides is 2. The van der Waals surface area contributed by atoms with Crippen LogP contribution in [-0.4, -0.2) is 17.6 Å². The minimum atomic E-state index is -0.594. The first-order valence-corrected chi connectivity index (χ1v) is 14.3. The Morgan fingerprint density at radius 2 is 1.38 bits per heavy atom. The van der Waals surface area contributed by atoms with Gasteiger partial charge in [0.05, 0.1) is 28.3 Å². The van der Waals surface area contributed by atoms with Crippen LogP contribution in [0.15, 0.2) is 137 Å². The van der Waals surface area contributed by atoms with Gasteiger partial charge in [-0.1, -0.05) is 78.5 Å². The number of hydrogen-bond acceptors (Lipinski definition) is 6. The summed E-state index contributed by atoms with van der Waals surface area (Å²) in [6, 6.07) is 37.5. The fourth-order valence-electron chi connectivity index (χ4n) is 4.59. The van der Waals surface area contributed by atoms with Gasteiger partial charge in [-0.15, -0.1) is 0 Å². The normalized spacial score (nSPS) is 14.4. The van der Waals surface area contributed by atoms with Crippen molar-refractivity contribution in [2.45, 2.75) is 12.8 Å². The van der Waals surface area contributed by atoms with E-state index in [0.717, 1.165) is 11.3 Å². The summed E-state index contributed by atoms with van der Waals surface area (Å²) in [6.07, 6.45) is 0. The molecular weight excluding hydrogens is 544 g/mol. The number of allylic oxidation sites excluding steroid dienone is 2. The molecule has 0 saturated carbocycles. The van der Waals surface area contributed by atoms with Gasteiger partial charge >= 0.3 is 0 Å². The highest BCUT2D eigenvalue weighted by molar-refractivity contribution is 8.03. The molecular formula is C34H28N4O3S. The van der Waals surface area contributed by atoms with Crippen LogP contribution in [0.4, 0.5) is 11.4 Å². The van der Waals surface area contributed by atoms with E-state index in [9.17, 15) is 14.9 Å². The minimum Gasteiger partial charge on any atom is -0.457 e. The van der Waals surface area contributed by atoms with Crippen LogP contribution in [-0.2, 0) is 9.59 Å². The topological polar surface area (TPSA) is 103 Å². The summed E-state index contributed by atoms with van der Waals surface area (Å²) < 4.78 is 5.81. The van der Waals surface area contributed by atoms with Gasteiger partial charge in [-0.3, -0.25) is 9.59 Å². The van der Waals surface area contributed by atoms with Gasteiger partial charge < -0.3 is 20.7 Å². The Balaban J connectivity index is 1.30. The number of para-hydroxylation sites is 2. The molecule has 5 rings (SSSR count). The molecule has 4 aromatic carbocycles. The maximum Gasteiger partial charge on any atom is 0.254 e. The maximum absolute atomic E-state index is 13.5. The summed E-state index contributed by atoms with van der Waals surface area (Å²) in [5, 5.41) is 19.9. The fourth-order valence-corrected chi connectivity index (χ4v) is 5.48. The van der Waals surface area contributed by atoms with Crippen molar-refractivity contribution < 1.29 is 14.3 Å². The molecule has 3 N–H and O–H groups in total. The molecule has 0 unspecified atom stereocenters. The number of benzene rings is 4. The number of rotatable bonds is 9. The molecule has 0 aromatic heterocycles. The maximum atomic E-state index is 13.5.